The van der Waals surface area contributed by atoms with Gasteiger partial charge in [-0.3, -0.25) is 4.79 Å². The lowest BCUT2D eigenvalue weighted by atomic mass is 10.2. The topological polar surface area (TPSA) is 47.6 Å². The highest BCUT2D eigenvalue weighted by atomic mass is 127. The highest BCUT2D eigenvalue weighted by molar-refractivity contribution is 14.1. The Balaban J connectivity index is 1.91. The SMILES string of the molecule is O=C(NCCCCI)c1ccc2c(c1)OCO2. The van der Waals surface area contributed by atoms with Crippen molar-refractivity contribution in [3.8, 4) is 11.5 Å². The maximum Gasteiger partial charge on any atom is 0.251 e. The molecule has 0 radical (unpaired) electrons. The van der Waals surface area contributed by atoms with Gasteiger partial charge in [0.15, 0.2) is 11.5 Å². The summed E-state index contributed by atoms with van der Waals surface area (Å²) in [7, 11) is 0. The zero-order valence-corrected chi connectivity index (χ0v) is 11.5. The molecule has 0 spiro atoms. The minimum atomic E-state index is -0.0586. The van der Waals surface area contributed by atoms with Crippen LogP contribution in [0.25, 0.3) is 0 Å². The fourth-order valence-electron chi connectivity index (χ4n) is 1.56. The van der Waals surface area contributed by atoms with E-state index in [1.807, 2.05) is 0 Å². The molecule has 0 fully saturated rings. The van der Waals surface area contributed by atoms with E-state index in [1.165, 1.54) is 0 Å². The number of hydrogen-bond acceptors (Lipinski definition) is 3. The van der Waals surface area contributed by atoms with Gasteiger partial charge in [-0.15, -0.1) is 0 Å². The number of carbonyl (C=O) groups is 1. The van der Waals surface area contributed by atoms with Crippen LogP contribution >= 0.6 is 22.6 Å². The van der Waals surface area contributed by atoms with E-state index in [9.17, 15) is 4.79 Å². The number of hydrogen-bond donors (Lipinski definition) is 1. The van der Waals surface area contributed by atoms with E-state index in [2.05, 4.69) is 27.9 Å². The summed E-state index contributed by atoms with van der Waals surface area (Å²) in [6, 6.07) is 5.24. The molecule has 0 aromatic heterocycles. The van der Waals surface area contributed by atoms with Crippen LogP contribution in [-0.2, 0) is 0 Å². The van der Waals surface area contributed by atoms with Crippen LogP contribution in [0.1, 0.15) is 23.2 Å². The van der Waals surface area contributed by atoms with E-state index in [0.717, 1.165) is 23.8 Å². The second-order valence-electron chi connectivity index (χ2n) is 3.72. The average Bonchev–Trinajstić information content (AvgIpc) is 2.81. The Morgan fingerprint density at radius 3 is 2.94 bits per heavy atom. The van der Waals surface area contributed by atoms with Crippen LogP contribution in [-0.4, -0.2) is 23.7 Å². The van der Waals surface area contributed by atoms with Crippen LogP contribution in [0.4, 0.5) is 0 Å². The molecule has 1 amide bonds. The molecule has 17 heavy (non-hydrogen) atoms. The van der Waals surface area contributed by atoms with Gasteiger partial charge in [0.25, 0.3) is 5.91 Å². The third-order valence-corrected chi connectivity index (χ3v) is 3.24. The molecule has 0 unspecified atom stereocenters. The largest absolute Gasteiger partial charge is 0.454 e. The second-order valence-corrected chi connectivity index (χ2v) is 4.80. The van der Waals surface area contributed by atoms with Gasteiger partial charge in [-0.25, -0.2) is 0 Å². The summed E-state index contributed by atoms with van der Waals surface area (Å²) in [5, 5.41) is 2.89. The molecule has 1 heterocycles. The van der Waals surface area contributed by atoms with E-state index in [0.29, 0.717) is 17.1 Å². The van der Waals surface area contributed by atoms with Crippen LogP contribution in [0.15, 0.2) is 18.2 Å². The zero-order valence-electron chi connectivity index (χ0n) is 9.37. The Morgan fingerprint density at radius 1 is 1.29 bits per heavy atom. The average molecular weight is 347 g/mol. The molecule has 2 rings (SSSR count). The van der Waals surface area contributed by atoms with Gasteiger partial charge in [-0.2, -0.15) is 0 Å². The molecular weight excluding hydrogens is 333 g/mol. The van der Waals surface area contributed by atoms with Gasteiger partial charge in [-0.1, -0.05) is 22.6 Å². The highest BCUT2D eigenvalue weighted by Gasteiger charge is 2.15. The number of fused-ring (bicyclic) bond motifs is 1. The molecule has 1 aliphatic heterocycles. The fraction of sp³-hybridized carbons (Fsp3) is 0.417. The third kappa shape index (κ3) is 3.24. The van der Waals surface area contributed by atoms with Crippen LogP contribution in [0, 0.1) is 0 Å². The molecule has 1 N–H and O–H groups in total. The summed E-state index contributed by atoms with van der Waals surface area (Å²) in [4.78, 5) is 11.8. The van der Waals surface area contributed by atoms with Crippen LogP contribution in [0.3, 0.4) is 0 Å². The van der Waals surface area contributed by atoms with Gasteiger partial charge in [0.2, 0.25) is 6.79 Å². The second kappa shape index (κ2) is 6.09. The Labute approximate surface area is 114 Å². The van der Waals surface area contributed by atoms with Crippen molar-refractivity contribution in [3.63, 3.8) is 0 Å². The zero-order chi connectivity index (χ0) is 12.1. The number of carbonyl (C=O) groups excluding carboxylic acids is 1. The smallest absolute Gasteiger partial charge is 0.251 e. The van der Waals surface area contributed by atoms with Gasteiger partial charge < -0.3 is 14.8 Å². The summed E-state index contributed by atoms with van der Waals surface area (Å²) >= 11 is 2.33. The number of unbranched alkanes of at least 4 members (excludes halogenated alkanes) is 1. The van der Waals surface area contributed by atoms with E-state index in [1.54, 1.807) is 18.2 Å². The van der Waals surface area contributed by atoms with E-state index >= 15 is 0 Å². The Kier molecular flexibility index (Phi) is 4.47. The van der Waals surface area contributed by atoms with E-state index in [4.69, 9.17) is 9.47 Å². The predicted molar refractivity (Wildman–Crippen MR) is 73.0 cm³/mol. The van der Waals surface area contributed by atoms with Crippen molar-refractivity contribution in [2.45, 2.75) is 12.8 Å². The van der Waals surface area contributed by atoms with Crippen molar-refractivity contribution >= 4 is 28.5 Å². The number of benzene rings is 1. The number of ether oxygens (including phenoxy) is 2. The molecule has 5 heteroatoms. The van der Waals surface area contributed by atoms with Gasteiger partial charge in [-0.05, 0) is 35.5 Å². The van der Waals surface area contributed by atoms with E-state index < -0.39 is 0 Å². The number of rotatable bonds is 5. The molecular formula is C12H14INO3. The fourth-order valence-corrected chi connectivity index (χ4v) is 2.10. The normalized spacial score (nSPS) is 12.5. The number of amides is 1. The van der Waals surface area contributed by atoms with Crippen LogP contribution in [0.2, 0.25) is 0 Å². The van der Waals surface area contributed by atoms with Gasteiger partial charge in [0, 0.05) is 12.1 Å². The Bertz CT molecular complexity index is 409. The van der Waals surface area contributed by atoms with Gasteiger partial charge in [0.05, 0.1) is 0 Å². The molecule has 0 saturated carbocycles. The van der Waals surface area contributed by atoms with Crippen molar-refractivity contribution in [2.24, 2.45) is 0 Å². The minimum Gasteiger partial charge on any atom is -0.454 e. The lowest BCUT2D eigenvalue weighted by molar-refractivity contribution is 0.0952. The minimum absolute atomic E-state index is 0.0586. The van der Waals surface area contributed by atoms with Gasteiger partial charge >= 0.3 is 0 Å². The summed E-state index contributed by atoms with van der Waals surface area (Å²) in [6.07, 6.45) is 2.14. The summed E-state index contributed by atoms with van der Waals surface area (Å²) in [6.45, 7) is 0.951. The van der Waals surface area contributed by atoms with Gasteiger partial charge in [0.1, 0.15) is 0 Å². The third-order valence-electron chi connectivity index (χ3n) is 2.48. The first-order chi connectivity index (χ1) is 8.31. The van der Waals surface area contributed by atoms with Crippen molar-refractivity contribution in [1.29, 1.82) is 0 Å². The molecule has 1 aromatic rings. The lowest BCUT2D eigenvalue weighted by Crippen LogP contribution is -2.24. The first-order valence-corrected chi connectivity index (χ1v) is 7.07. The summed E-state index contributed by atoms with van der Waals surface area (Å²) in [5.41, 5.74) is 0.615. The summed E-state index contributed by atoms with van der Waals surface area (Å²) < 4.78 is 11.5. The first-order valence-electron chi connectivity index (χ1n) is 5.55. The Morgan fingerprint density at radius 2 is 2.12 bits per heavy atom. The number of nitrogens with one attached hydrogen (secondary N) is 1. The van der Waals surface area contributed by atoms with E-state index in [-0.39, 0.29) is 12.7 Å². The highest BCUT2D eigenvalue weighted by Crippen LogP contribution is 2.32. The maximum atomic E-state index is 11.8. The van der Waals surface area contributed by atoms with Crippen molar-refractivity contribution in [1.82, 2.24) is 5.32 Å². The lowest BCUT2D eigenvalue weighted by Gasteiger charge is -2.05. The molecule has 0 saturated heterocycles. The number of alkyl halides is 1. The predicted octanol–water partition coefficient (Wildman–Crippen LogP) is 2.36. The molecule has 92 valence electrons. The van der Waals surface area contributed by atoms with Crippen molar-refractivity contribution < 1.29 is 14.3 Å². The quantitative estimate of drug-likeness (QED) is 0.505. The van der Waals surface area contributed by atoms with Crippen molar-refractivity contribution in [3.05, 3.63) is 23.8 Å². The monoisotopic (exact) mass is 347 g/mol. The van der Waals surface area contributed by atoms with Crippen LogP contribution in [0.5, 0.6) is 11.5 Å². The Hall–Kier alpha value is -0.980. The molecule has 0 bridgehead atoms. The molecule has 4 nitrogen and oxygen atoms in total. The summed E-state index contributed by atoms with van der Waals surface area (Å²) in [5.74, 6) is 1.29. The molecule has 0 aliphatic carbocycles. The molecule has 1 aromatic carbocycles. The number of halogens is 1. The molecule has 0 atom stereocenters. The van der Waals surface area contributed by atoms with Crippen molar-refractivity contribution in [2.75, 3.05) is 17.8 Å². The van der Waals surface area contributed by atoms with Crippen LogP contribution < -0.4 is 14.8 Å². The first kappa shape index (κ1) is 12.5. The maximum absolute atomic E-state index is 11.8. The molecule has 1 aliphatic rings. The standard InChI is InChI=1S/C12H14INO3/c13-5-1-2-6-14-12(15)9-3-4-10-11(7-9)17-8-16-10/h3-4,7H,1-2,5-6,8H2,(H,14,15).